The van der Waals surface area contributed by atoms with E-state index >= 15 is 0 Å². The van der Waals surface area contributed by atoms with E-state index in [1.807, 2.05) is 0 Å². The summed E-state index contributed by atoms with van der Waals surface area (Å²) in [6, 6.07) is 3.52. The number of ether oxygens (including phenoxy) is 1. The lowest BCUT2D eigenvalue weighted by molar-refractivity contribution is -0.144. The lowest BCUT2D eigenvalue weighted by Crippen LogP contribution is -2.23. The molecule has 4 nitrogen and oxygen atoms in total. The van der Waals surface area contributed by atoms with Gasteiger partial charge in [-0.05, 0) is 23.8 Å². The molecule has 0 aliphatic heterocycles. The molecule has 0 N–H and O–H groups in total. The Hall–Kier alpha value is -1.14. The Morgan fingerprint density at radius 2 is 2.11 bits per heavy atom. The van der Waals surface area contributed by atoms with Crippen molar-refractivity contribution in [3.8, 4) is 0 Å². The number of carbonyl (C=O) groups excluding carboxylic acids is 1. The molecule has 0 aliphatic carbocycles. The average molecular weight is 309 g/mol. The first-order valence-corrected chi connectivity index (χ1v) is 7.67. The molecule has 0 fully saturated rings. The summed E-state index contributed by atoms with van der Waals surface area (Å²) in [5.41, 5.74) is 0.179. The predicted octanol–water partition coefficient (Wildman–Crippen LogP) is 2.20. The van der Waals surface area contributed by atoms with Crippen molar-refractivity contribution < 1.29 is 22.3 Å². The molecular formula is C12H14ClFO4S. The maximum absolute atomic E-state index is 13.0. The number of hydrogen-bond acceptors (Lipinski definition) is 4. The van der Waals surface area contributed by atoms with E-state index in [4.69, 9.17) is 11.6 Å². The number of hydrogen-bond donors (Lipinski definition) is 0. The SMILES string of the molecule is COC(=O)C(C)CS(=O)(=O)Cc1cc(F)ccc1Cl. The molecule has 0 radical (unpaired) electrons. The van der Waals surface area contributed by atoms with Crippen molar-refractivity contribution >= 4 is 27.4 Å². The molecule has 0 spiro atoms. The Bertz CT molecular complexity index is 571. The van der Waals surface area contributed by atoms with E-state index in [9.17, 15) is 17.6 Å². The van der Waals surface area contributed by atoms with Crippen LogP contribution in [0.3, 0.4) is 0 Å². The lowest BCUT2D eigenvalue weighted by Gasteiger charge is -2.10. The van der Waals surface area contributed by atoms with Crippen LogP contribution in [-0.4, -0.2) is 27.2 Å². The first kappa shape index (κ1) is 15.9. The fraction of sp³-hybridized carbons (Fsp3) is 0.417. The minimum absolute atomic E-state index is 0.177. The molecular weight excluding hydrogens is 295 g/mol. The Balaban J connectivity index is 2.85. The number of sulfone groups is 1. The first-order valence-electron chi connectivity index (χ1n) is 5.47. The van der Waals surface area contributed by atoms with Gasteiger partial charge in [-0.15, -0.1) is 0 Å². The third kappa shape index (κ3) is 4.80. The number of halogens is 2. The Morgan fingerprint density at radius 3 is 2.68 bits per heavy atom. The summed E-state index contributed by atoms with van der Waals surface area (Å²) < 4.78 is 41.3. The van der Waals surface area contributed by atoms with Gasteiger partial charge in [0.2, 0.25) is 0 Å². The molecule has 7 heteroatoms. The van der Waals surface area contributed by atoms with Gasteiger partial charge >= 0.3 is 5.97 Å². The zero-order valence-electron chi connectivity index (χ0n) is 10.5. The second-order valence-electron chi connectivity index (χ2n) is 4.21. The minimum atomic E-state index is -3.58. The van der Waals surface area contributed by atoms with E-state index in [0.717, 1.165) is 12.1 Å². The van der Waals surface area contributed by atoms with Crippen LogP contribution >= 0.6 is 11.6 Å². The zero-order valence-corrected chi connectivity index (χ0v) is 12.1. The highest BCUT2D eigenvalue weighted by atomic mass is 35.5. The summed E-state index contributed by atoms with van der Waals surface area (Å²) in [5, 5.41) is 0.177. The summed E-state index contributed by atoms with van der Waals surface area (Å²) in [7, 11) is -2.39. The van der Waals surface area contributed by atoms with Crippen molar-refractivity contribution in [2.45, 2.75) is 12.7 Å². The highest BCUT2D eigenvalue weighted by Gasteiger charge is 2.23. The van der Waals surface area contributed by atoms with Crippen molar-refractivity contribution in [1.82, 2.24) is 0 Å². The Labute approximate surface area is 116 Å². The maximum atomic E-state index is 13.0. The molecule has 1 atom stereocenters. The number of benzene rings is 1. The lowest BCUT2D eigenvalue weighted by atomic mass is 10.2. The largest absolute Gasteiger partial charge is 0.469 e. The van der Waals surface area contributed by atoms with Crippen LogP contribution in [0, 0.1) is 11.7 Å². The highest BCUT2D eigenvalue weighted by molar-refractivity contribution is 7.90. The molecule has 106 valence electrons. The van der Waals surface area contributed by atoms with Crippen LogP contribution in [0.25, 0.3) is 0 Å². The van der Waals surface area contributed by atoms with Gasteiger partial charge in [-0.25, -0.2) is 12.8 Å². The smallest absolute Gasteiger partial charge is 0.309 e. The number of rotatable bonds is 5. The van der Waals surface area contributed by atoms with Gasteiger partial charge in [0.1, 0.15) is 5.82 Å². The summed E-state index contributed by atoms with van der Waals surface area (Å²) in [5.74, 6) is -2.72. The van der Waals surface area contributed by atoms with Crippen molar-refractivity contribution in [2.75, 3.05) is 12.9 Å². The fourth-order valence-corrected chi connectivity index (χ4v) is 3.59. The van der Waals surface area contributed by atoms with E-state index in [1.165, 1.54) is 20.1 Å². The standard InChI is InChI=1S/C12H14ClFO4S/c1-8(12(15)18-2)6-19(16,17)7-9-5-10(14)3-4-11(9)13/h3-5,8H,6-7H2,1-2H3. The van der Waals surface area contributed by atoms with Gasteiger partial charge < -0.3 is 4.74 Å². The molecule has 0 bridgehead atoms. The maximum Gasteiger partial charge on any atom is 0.309 e. The van der Waals surface area contributed by atoms with Gasteiger partial charge in [0, 0.05) is 5.02 Å². The summed E-state index contributed by atoms with van der Waals surface area (Å²) in [6.07, 6.45) is 0. The molecule has 1 aromatic carbocycles. The number of esters is 1. The van der Waals surface area contributed by atoms with Gasteiger partial charge in [-0.1, -0.05) is 18.5 Å². The van der Waals surface area contributed by atoms with E-state index in [0.29, 0.717) is 0 Å². The van der Waals surface area contributed by atoms with Crippen molar-refractivity contribution in [2.24, 2.45) is 5.92 Å². The Morgan fingerprint density at radius 1 is 1.47 bits per heavy atom. The van der Waals surface area contributed by atoms with Crippen molar-refractivity contribution in [3.05, 3.63) is 34.6 Å². The van der Waals surface area contributed by atoms with Crippen LogP contribution < -0.4 is 0 Å². The molecule has 1 aromatic rings. The van der Waals surface area contributed by atoms with Gasteiger partial charge in [0.15, 0.2) is 9.84 Å². The molecule has 19 heavy (non-hydrogen) atoms. The van der Waals surface area contributed by atoms with E-state index in [1.54, 1.807) is 0 Å². The second-order valence-corrected chi connectivity index (χ2v) is 6.73. The van der Waals surface area contributed by atoms with Gasteiger partial charge in [0.05, 0.1) is 24.5 Å². The van der Waals surface area contributed by atoms with E-state index < -0.39 is 33.3 Å². The van der Waals surface area contributed by atoms with Crippen LogP contribution in [0.15, 0.2) is 18.2 Å². The second kappa shape index (κ2) is 6.34. The molecule has 0 aliphatic rings. The summed E-state index contributed by atoms with van der Waals surface area (Å²) in [6.45, 7) is 1.45. The number of methoxy groups -OCH3 is 1. The third-order valence-corrected chi connectivity index (χ3v) is 4.62. The first-order chi connectivity index (χ1) is 8.75. The van der Waals surface area contributed by atoms with E-state index in [-0.39, 0.29) is 16.3 Å². The van der Waals surface area contributed by atoms with Gasteiger partial charge in [-0.2, -0.15) is 0 Å². The predicted molar refractivity (Wildman–Crippen MR) is 70.1 cm³/mol. The van der Waals surface area contributed by atoms with Crippen LogP contribution in [0.4, 0.5) is 4.39 Å². The average Bonchev–Trinajstić information content (AvgIpc) is 2.31. The minimum Gasteiger partial charge on any atom is -0.469 e. The van der Waals surface area contributed by atoms with Gasteiger partial charge in [0.25, 0.3) is 0 Å². The monoisotopic (exact) mass is 308 g/mol. The molecule has 0 saturated heterocycles. The van der Waals surface area contributed by atoms with Crippen molar-refractivity contribution in [1.29, 1.82) is 0 Å². The van der Waals surface area contributed by atoms with Crippen molar-refractivity contribution in [3.63, 3.8) is 0 Å². The van der Waals surface area contributed by atoms with E-state index in [2.05, 4.69) is 4.74 Å². The van der Waals surface area contributed by atoms with Crippen LogP contribution in [-0.2, 0) is 25.1 Å². The quantitative estimate of drug-likeness (QED) is 0.782. The zero-order chi connectivity index (χ0) is 14.6. The third-order valence-electron chi connectivity index (χ3n) is 2.49. The molecule has 0 aromatic heterocycles. The van der Waals surface area contributed by atoms with Crippen LogP contribution in [0.1, 0.15) is 12.5 Å². The normalized spacial score (nSPS) is 13.1. The molecule has 1 unspecified atom stereocenters. The summed E-state index contributed by atoms with van der Waals surface area (Å²) >= 11 is 5.81. The van der Waals surface area contributed by atoms with Crippen LogP contribution in [0.2, 0.25) is 5.02 Å². The highest BCUT2D eigenvalue weighted by Crippen LogP contribution is 2.20. The molecule has 1 rings (SSSR count). The Kier molecular flexibility index (Phi) is 5.31. The van der Waals surface area contributed by atoms with Crippen LogP contribution in [0.5, 0.6) is 0 Å². The topological polar surface area (TPSA) is 60.4 Å². The summed E-state index contributed by atoms with van der Waals surface area (Å²) in [4.78, 5) is 11.2. The molecule has 0 amide bonds. The number of carbonyl (C=O) groups is 1. The molecule has 0 heterocycles. The van der Waals surface area contributed by atoms with Gasteiger partial charge in [-0.3, -0.25) is 4.79 Å². The molecule has 0 saturated carbocycles. The fourth-order valence-electron chi connectivity index (χ4n) is 1.60.